The molecular weight excluding hydrogens is 434 g/mol. The third-order valence-corrected chi connectivity index (χ3v) is 6.36. The number of aryl methyl sites for hydroxylation is 1. The van der Waals surface area contributed by atoms with Gasteiger partial charge >= 0.3 is 0 Å². The lowest BCUT2D eigenvalue weighted by atomic mass is 10.1. The van der Waals surface area contributed by atoms with Crippen molar-refractivity contribution in [1.29, 1.82) is 0 Å². The molecule has 6 rings (SSSR count). The number of para-hydroxylation sites is 1. The van der Waals surface area contributed by atoms with Crippen molar-refractivity contribution < 1.29 is 4.79 Å². The van der Waals surface area contributed by atoms with Gasteiger partial charge in [-0.15, -0.1) is 0 Å². The van der Waals surface area contributed by atoms with Crippen molar-refractivity contribution in [3.63, 3.8) is 0 Å². The second-order valence-electron chi connectivity index (χ2n) is 8.47. The van der Waals surface area contributed by atoms with E-state index in [9.17, 15) is 4.79 Å². The molecule has 0 aliphatic heterocycles. The summed E-state index contributed by atoms with van der Waals surface area (Å²) in [6.07, 6.45) is 1.66. The number of aromatic nitrogens is 3. The molecular formula is C29H23N5O. The first-order chi connectivity index (χ1) is 17.2. The van der Waals surface area contributed by atoms with Gasteiger partial charge in [0, 0.05) is 33.9 Å². The highest BCUT2D eigenvalue weighted by molar-refractivity contribution is 6.09. The third kappa shape index (κ3) is 3.75. The van der Waals surface area contributed by atoms with Crippen LogP contribution in [0.1, 0.15) is 23.0 Å². The van der Waals surface area contributed by atoms with Gasteiger partial charge in [-0.25, -0.2) is 5.43 Å². The zero-order chi connectivity index (χ0) is 23.8. The van der Waals surface area contributed by atoms with Crippen LogP contribution in [-0.2, 0) is 6.54 Å². The predicted molar refractivity (Wildman–Crippen MR) is 142 cm³/mol. The molecule has 4 aromatic carbocycles. The van der Waals surface area contributed by atoms with E-state index in [0.717, 1.165) is 28.4 Å². The van der Waals surface area contributed by atoms with Gasteiger partial charge in [-0.2, -0.15) is 10.2 Å². The van der Waals surface area contributed by atoms with Crippen molar-refractivity contribution in [2.75, 3.05) is 0 Å². The predicted octanol–water partition coefficient (Wildman–Crippen LogP) is 6.12. The molecule has 0 fully saturated rings. The van der Waals surface area contributed by atoms with Gasteiger partial charge in [0.15, 0.2) is 0 Å². The van der Waals surface area contributed by atoms with Gasteiger partial charge < -0.3 is 4.57 Å². The Balaban J connectivity index is 1.21. The molecule has 0 unspecified atom stereocenters. The van der Waals surface area contributed by atoms with Crippen LogP contribution in [0.15, 0.2) is 96.1 Å². The van der Waals surface area contributed by atoms with Gasteiger partial charge in [-0.05, 0) is 53.6 Å². The number of carbonyl (C=O) groups excluding carboxylic acids is 1. The summed E-state index contributed by atoms with van der Waals surface area (Å²) in [5, 5.41) is 16.0. The van der Waals surface area contributed by atoms with Gasteiger partial charge in [0.25, 0.3) is 5.91 Å². The molecule has 0 atom stereocenters. The molecule has 6 nitrogen and oxygen atoms in total. The number of rotatable bonds is 5. The molecule has 6 heteroatoms. The van der Waals surface area contributed by atoms with E-state index >= 15 is 0 Å². The average Bonchev–Trinajstić information content (AvgIpc) is 3.52. The number of hydrogen-bond acceptors (Lipinski definition) is 3. The van der Waals surface area contributed by atoms with E-state index in [0.29, 0.717) is 11.4 Å². The topological polar surface area (TPSA) is 75.1 Å². The first-order valence-corrected chi connectivity index (χ1v) is 11.6. The number of hydrogen-bond donors (Lipinski definition) is 2. The fourth-order valence-corrected chi connectivity index (χ4v) is 4.65. The summed E-state index contributed by atoms with van der Waals surface area (Å²) in [5.74, 6) is -0.343. The third-order valence-electron chi connectivity index (χ3n) is 6.36. The monoisotopic (exact) mass is 457 g/mol. The Morgan fingerprint density at radius 1 is 0.914 bits per heavy atom. The summed E-state index contributed by atoms with van der Waals surface area (Å²) in [5.41, 5.74) is 7.93. The summed E-state index contributed by atoms with van der Waals surface area (Å²) >= 11 is 0. The first kappa shape index (κ1) is 20.9. The van der Waals surface area contributed by atoms with Crippen molar-refractivity contribution in [3.8, 4) is 11.3 Å². The second kappa shape index (κ2) is 8.57. The second-order valence-corrected chi connectivity index (χ2v) is 8.47. The molecule has 170 valence electrons. The van der Waals surface area contributed by atoms with E-state index in [1.54, 1.807) is 12.3 Å². The number of amides is 1. The molecule has 1 amide bonds. The minimum atomic E-state index is -0.343. The van der Waals surface area contributed by atoms with E-state index in [4.69, 9.17) is 0 Å². The fourth-order valence-electron chi connectivity index (χ4n) is 4.65. The smallest absolute Gasteiger partial charge is 0.289 e. The number of aromatic amines is 1. The maximum absolute atomic E-state index is 12.6. The molecule has 35 heavy (non-hydrogen) atoms. The normalized spacial score (nSPS) is 11.7. The van der Waals surface area contributed by atoms with Crippen LogP contribution >= 0.6 is 0 Å². The van der Waals surface area contributed by atoms with Crippen LogP contribution in [0, 0.1) is 0 Å². The molecule has 0 saturated carbocycles. The van der Waals surface area contributed by atoms with E-state index in [-0.39, 0.29) is 5.91 Å². The highest BCUT2D eigenvalue weighted by Gasteiger charge is 2.12. The molecule has 6 aromatic rings. The van der Waals surface area contributed by atoms with Crippen LogP contribution in [0.25, 0.3) is 43.8 Å². The first-order valence-electron chi connectivity index (χ1n) is 11.6. The lowest BCUT2D eigenvalue weighted by Gasteiger charge is -2.02. The summed E-state index contributed by atoms with van der Waals surface area (Å²) in [6, 6.07) is 30.6. The average molecular weight is 458 g/mol. The van der Waals surface area contributed by atoms with Crippen LogP contribution in [0.2, 0.25) is 0 Å². The molecule has 0 radical (unpaired) electrons. The maximum atomic E-state index is 12.6. The summed E-state index contributed by atoms with van der Waals surface area (Å²) in [6.45, 7) is 3.05. The van der Waals surface area contributed by atoms with Gasteiger partial charge in [-0.3, -0.25) is 9.89 Å². The Bertz CT molecular complexity index is 1740. The van der Waals surface area contributed by atoms with Gasteiger partial charge in [0.1, 0.15) is 5.69 Å². The van der Waals surface area contributed by atoms with Crippen LogP contribution in [0.5, 0.6) is 0 Å². The summed E-state index contributed by atoms with van der Waals surface area (Å²) in [4.78, 5) is 12.6. The molecule has 2 heterocycles. The van der Waals surface area contributed by atoms with E-state index in [2.05, 4.69) is 92.9 Å². The number of carbonyl (C=O) groups is 1. The molecule has 2 aromatic heterocycles. The Kier molecular flexibility index (Phi) is 5.11. The number of nitrogens with zero attached hydrogens (tertiary/aromatic N) is 3. The minimum absolute atomic E-state index is 0.343. The van der Waals surface area contributed by atoms with Crippen molar-refractivity contribution in [3.05, 3.63) is 102 Å². The van der Waals surface area contributed by atoms with Crippen LogP contribution in [-0.4, -0.2) is 26.9 Å². The Morgan fingerprint density at radius 2 is 1.71 bits per heavy atom. The highest BCUT2D eigenvalue weighted by atomic mass is 16.2. The zero-order valence-corrected chi connectivity index (χ0v) is 19.2. The zero-order valence-electron chi connectivity index (χ0n) is 19.2. The van der Waals surface area contributed by atoms with E-state index in [1.807, 2.05) is 24.3 Å². The van der Waals surface area contributed by atoms with Crippen LogP contribution in [0.4, 0.5) is 0 Å². The van der Waals surface area contributed by atoms with Crippen LogP contribution in [0.3, 0.4) is 0 Å². The molecule has 0 aliphatic rings. The van der Waals surface area contributed by atoms with Crippen molar-refractivity contribution in [2.24, 2.45) is 5.10 Å². The van der Waals surface area contributed by atoms with Gasteiger partial charge in [0.2, 0.25) is 0 Å². The Hall–Kier alpha value is -4.71. The quantitative estimate of drug-likeness (QED) is 0.242. The molecule has 0 bridgehead atoms. The molecule has 0 spiro atoms. The Labute approximate surface area is 201 Å². The van der Waals surface area contributed by atoms with Crippen molar-refractivity contribution >= 4 is 44.7 Å². The number of benzene rings is 4. The highest BCUT2D eigenvalue weighted by Crippen LogP contribution is 2.29. The molecule has 0 saturated heterocycles. The van der Waals surface area contributed by atoms with E-state index in [1.165, 1.54) is 21.8 Å². The standard InChI is InChI=1S/C29H23N5O/c1-2-34-27-10-6-5-9-23(27)24-15-19(11-14-28(24)34)18-30-33-29(35)26-17-25(31-32-26)22-13-12-20-7-3-4-8-21(20)16-22/h3-18H,2H2,1H3,(H,31,32)(H,33,35). The minimum Gasteiger partial charge on any atom is -0.341 e. The van der Waals surface area contributed by atoms with E-state index < -0.39 is 0 Å². The number of nitrogens with one attached hydrogen (secondary N) is 2. The molecule has 2 N–H and O–H groups in total. The van der Waals surface area contributed by atoms with Crippen molar-refractivity contribution in [2.45, 2.75) is 13.5 Å². The van der Waals surface area contributed by atoms with Crippen molar-refractivity contribution in [1.82, 2.24) is 20.2 Å². The maximum Gasteiger partial charge on any atom is 0.289 e. The number of H-pyrrole nitrogens is 1. The SMILES string of the molecule is CCn1c2ccccc2c2cc(C=NNC(=O)c3cc(-c4ccc5ccccc5c4)n[nH]3)ccc21. The van der Waals surface area contributed by atoms with Gasteiger partial charge in [0.05, 0.1) is 11.9 Å². The number of fused-ring (bicyclic) bond motifs is 4. The summed E-state index contributed by atoms with van der Waals surface area (Å²) in [7, 11) is 0. The Morgan fingerprint density at radius 3 is 2.60 bits per heavy atom. The molecule has 0 aliphatic carbocycles. The summed E-state index contributed by atoms with van der Waals surface area (Å²) < 4.78 is 2.30. The van der Waals surface area contributed by atoms with Gasteiger partial charge in [-0.1, -0.05) is 60.7 Å². The van der Waals surface area contributed by atoms with Crippen LogP contribution < -0.4 is 5.43 Å². The lowest BCUT2D eigenvalue weighted by molar-refractivity contribution is 0.0950. The number of hydrazone groups is 1. The fraction of sp³-hybridized carbons (Fsp3) is 0.0690. The lowest BCUT2D eigenvalue weighted by Crippen LogP contribution is -2.18. The largest absolute Gasteiger partial charge is 0.341 e.